The normalized spacial score (nSPS) is 27.0. The van der Waals surface area contributed by atoms with Crippen molar-refractivity contribution >= 4 is 65.0 Å². The summed E-state index contributed by atoms with van der Waals surface area (Å²) < 4.78 is 0. The summed E-state index contributed by atoms with van der Waals surface area (Å²) in [4.78, 5) is 168. The molecule has 0 aliphatic carbocycles. The number of carbonyl (C=O) groups is 11. The summed E-state index contributed by atoms with van der Waals surface area (Å²) in [6.07, 6.45) is 3.50. The Morgan fingerprint density at radius 2 is 0.940 bits per heavy atom. The molecule has 11 amide bonds. The highest BCUT2D eigenvalue weighted by Crippen LogP contribution is 2.25. The van der Waals surface area contributed by atoms with E-state index in [9.17, 15) is 53.1 Å². The second kappa shape index (κ2) is 34.7. The molecule has 5 N–H and O–H groups in total. The molecule has 1 aliphatic rings. The average Bonchev–Trinajstić information content (AvgIpc) is 3.43. The molecule has 23 heteroatoms. The van der Waals surface area contributed by atoms with Crippen LogP contribution >= 0.6 is 0 Å². The molecule has 0 aromatic carbocycles. The number of nitrogens with one attached hydrogen (secondary N) is 4. The van der Waals surface area contributed by atoms with Crippen molar-refractivity contribution in [3.05, 3.63) is 12.2 Å². The molecule has 0 unspecified atom stereocenters. The summed E-state index contributed by atoms with van der Waals surface area (Å²) in [6, 6.07) is -12.3. The maximum absolute atomic E-state index is 15.1. The number of aliphatic hydroxyl groups is 1. The van der Waals surface area contributed by atoms with Gasteiger partial charge in [0.15, 0.2) is 0 Å². The predicted molar refractivity (Wildman–Crippen MR) is 324 cm³/mol. The van der Waals surface area contributed by atoms with Gasteiger partial charge in [0.1, 0.15) is 60.4 Å². The summed E-state index contributed by atoms with van der Waals surface area (Å²) in [5.74, 6) is -9.51. The van der Waals surface area contributed by atoms with Gasteiger partial charge in [0, 0.05) is 49.3 Å². The van der Waals surface area contributed by atoms with Gasteiger partial charge in [0.2, 0.25) is 65.0 Å². The van der Waals surface area contributed by atoms with Crippen molar-refractivity contribution in [2.24, 2.45) is 35.5 Å². The molecule has 480 valence electrons. The molecule has 0 aromatic rings. The van der Waals surface area contributed by atoms with Crippen LogP contribution in [0, 0.1) is 35.5 Å². The van der Waals surface area contributed by atoms with Gasteiger partial charge in [-0.1, -0.05) is 109 Å². The van der Waals surface area contributed by atoms with Crippen LogP contribution in [0.15, 0.2) is 12.2 Å². The number of hydrogen-bond donors (Lipinski definition) is 5. The van der Waals surface area contributed by atoms with Crippen molar-refractivity contribution in [1.82, 2.24) is 55.6 Å². The van der Waals surface area contributed by atoms with Gasteiger partial charge in [-0.05, 0) is 94.8 Å². The first-order valence-corrected chi connectivity index (χ1v) is 30.2. The first-order valence-electron chi connectivity index (χ1n) is 30.2. The Bertz CT molecular complexity index is 2290. The molecule has 0 aromatic heterocycles. The van der Waals surface area contributed by atoms with E-state index in [1.54, 1.807) is 60.6 Å². The molecule has 12 atom stereocenters. The van der Waals surface area contributed by atoms with Crippen molar-refractivity contribution in [3.8, 4) is 0 Å². The topological polar surface area (TPSA) is 279 Å². The number of hydrogen-bond acceptors (Lipinski definition) is 12. The second-order valence-electron chi connectivity index (χ2n) is 25.3. The molecule has 0 radical (unpaired) electrons. The van der Waals surface area contributed by atoms with Crippen LogP contribution in [0.3, 0.4) is 0 Å². The Labute approximate surface area is 502 Å². The van der Waals surface area contributed by atoms with Crippen LogP contribution in [0.2, 0.25) is 0 Å². The third-order valence-corrected chi connectivity index (χ3v) is 15.9. The van der Waals surface area contributed by atoms with E-state index in [0.29, 0.717) is 12.8 Å². The fourth-order valence-electron chi connectivity index (χ4n) is 10.6. The molecule has 0 saturated carbocycles. The van der Waals surface area contributed by atoms with E-state index >= 15 is 4.79 Å². The van der Waals surface area contributed by atoms with E-state index < -0.39 is 156 Å². The highest BCUT2D eigenvalue weighted by Gasteiger charge is 2.45. The molecule has 1 fully saturated rings. The lowest BCUT2D eigenvalue weighted by atomic mass is 9.91. The van der Waals surface area contributed by atoms with Crippen LogP contribution in [-0.4, -0.2) is 227 Å². The number of amides is 11. The largest absolute Gasteiger partial charge is 0.390 e. The molecule has 1 heterocycles. The van der Waals surface area contributed by atoms with Crippen LogP contribution in [0.1, 0.15) is 156 Å². The molecule has 0 bridgehead atoms. The molecule has 1 rings (SSSR count). The lowest BCUT2D eigenvalue weighted by Crippen LogP contribution is -2.63. The maximum atomic E-state index is 15.1. The van der Waals surface area contributed by atoms with E-state index in [1.165, 1.54) is 87.7 Å². The lowest BCUT2D eigenvalue weighted by Gasteiger charge is -2.41. The molecular weight excluding hydrogens is 1080 g/mol. The quantitative estimate of drug-likeness (QED) is 0.148. The van der Waals surface area contributed by atoms with Gasteiger partial charge in [-0.25, -0.2) is 0 Å². The lowest BCUT2D eigenvalue weighted by molar-refractivity contribution is -0.157. The minimum Gasteiger partial charge on any atom is -0.390 e. The minimum absolute atomic E-state index is 0.0244. The molecule has 84 heavy (non-hydrogen) atoms. The van der Waals surface area contributed by atoms with E-state index in [0.717, 1.165) is 9.80 Å². The van der Waals surface area contributed by atoms with E-state index in [4.69, 9.17) is 0 Å². The van der Waals surface area contributed by atoms with Crippen LogP contribution in [0.4, 0.5) is 0 Å². The molecular formula is C61H109N11O12. The van der Waals surface area contributed by atoms with Gasteiger partial charge >= 0.3 is 0 Å². The number of aliphatic hydroxyl groups excluding tert-OH is 1. The van der Waals surface area contributed by atoms with Crippen molar-refractivity contribution in [2.75, 3.05) is 55.9 Å². The summed E-state index contributed by atoms with van der Waals surface area (Å²) >= 11 is 0. The second-order valence-corrected chi connectivity index (χ2v) is 25.3. The molecule has 1 aliphatic heterocycles. The number of nitrogens with zero attached hydrogens (tertiary/aromatic N) is 7. The Kier molecular flexibility index (Phi) is 31.4. The van der Waals surface area contributed by atoms with Gasteiger partial charge in [0.05, 0.1) is 12.6 Å². The van der Waals surface area contributed by atoms with Crippen LogP contribution in [0.5, 0.6) is 0 Å². The highest BCUT2D eigenvalue weighted by atomic mass is 16.3. The van der Waals surface area contributed by atoms with Gasteiger partial charge < -0.3 is 60.7 Å². The molecule has 23 nitrogen and oxygen atoms in total. The third-order valence-electron chi connectivity index (χ3n) is 15.9. The monoisotopic (exact) mass is 1190 g/mol. The van der Waals surface area contributed by atoms with Crippen molar-refractivity contribution in [3.63, 3.8) is 0 Å². The van der Waals surface area contributed by atoms with Crippen LogP contribution in [-0.2, 0) is 52.7 Å². The Balaban J connectivity index is 4.28. The fraction of sp³-hybridized carbons (Fsp3) is 0.787. The van der Waals surface area contributed by atoms with Crippen LogP contribution in [0.25, 0.3) is 0 Å². The Hall–Kier alpha value is -6.13. The van der Waals surface area contributed by atoms with Crippen molar-refractivity contribution in [2.45, 2.75) is 222 Å². The maximum Gasteiger partial charge on any atom is 0.246 e. The zero-order valence-electron chi connectivity index (χ0n) is 55.2. The predicted octanol–water partition coefficient (Wildman–Crippen LogP) is 3.02. The number of carbonyl (C=O) groups excluding carboxylic acids is 11. The summed E-state index contributed by atoms with van der Waals surface area (Å²) in [7, 11) is 9.90. The van der Waals surface area contributed by atoms with E-state index in [2.05, 4.69) is 21.3 Å². The summed E-state index contributed by atoms with van der Waals surface area (Å²) in [5.41, 5.74) is 0. The van der Waals surface area contributed by atoms with E-state index in [-0.39, 0.29) is 49.9 Å². The van der Waals surface area contributed by atoms with Gasteiger partial charge in [-0.15, -0.1) is 0 Å². The SMILES string of the molecule is C/C=C/C[C@@H](C)[C@@H](O)[C@H]1C(=O)N[C@@H](CC)C(=O)N(C)CC(=O)N(C)[C@@H](CC(C)C)C(=O)N[C@@H](C(C)C)C(=O)N(C)[C@@H](CC(C)C)C(=O)N[C@@H](C)C(=O)N[C@H](C)C(=O)N(C)[C@@H](CC(C)C)C(=O)N(C)[C@@H](CCC)C(=O)N(C)[C@@H](C(C)C)C(=O)N1C. The number of rotatable bonds is 15. The smallest absolute Gasteiger partial charge is 0.246 e. The van der Waals surface area contributed by atoms with Crippen molar-refractivity contribution < 1.29 is 57.8 Å². The highest BCUT2D eigenvalue weighted by molar-refractivity contribution is 5.99. The zero-order chi connectivity index (χ0) is 65.1. The van der Waals surface area contributed by atoms with Gasteiger partial charge in [-0.3, -0.25) is 52.7 Å². The zero-order valence-corrected chi connectivity index (χ0v) is 55.2. The van der Waals surface area contributed by atoms with Crippen molar-refractivity contribution in [1.29, 1.82) is 0 Å². The minimum atomic E-state index is -1.61. The third kappa shape index (κ3) is 20.8. The fourth-order valence-corrected chi connectivity index (χ4v) is 10.6. The molecule has 1 saturated heterocycles. The Morgan fingerprint density at radius 3 is 1.42 bits per heavy atom. The first-order chi connectivity index (χ1) is 38.9. The average molecular weight is 1190 g/mol. The van der Waals surface area contributed by atoms with Gasteiger partial charge in [-0.2, -0.15) is 0 Å². The standard InChI is InChI=1S/C61H109N11O12/c1-24-27-29-39(14)51(74)50-55(78)64-42(26-3)57(80)66(17)33-47(73)67(18)44(30-34(4)5)54(77)65-48(37(10)11)60(83)69(20)45(31-35(6)7)53(76)62-40(15)52(75)63-41(16)56(79)70(21)46(32-36(8)9)59(82)68(19)43(28-25-2)58(81)71(22)49(38(12)13)61(84)72(50)23/h24,27,34-46,48-51,74H,25-26,28-33H2,1-23H3,(H,62,76)(H,63,75)(H,64,78)(H,65,77)/b27-24+/t39-,40+,41-,42+,43+,44+,45+,46+,48+,49+,50+,51-/m1/s1. The molecule has 0 spiro atoms. The number of allylic oxidation sites excluding steroid dienone is 2. The summed E-state index contributed by atoms with van der Waals surface area (Å²) in [5, 5.41) is 23.0. The number of likely N-dealkylation sites (N-methyl/N-ethyl adjacent to an activating group) is 7. The Morgan fingerprint density at radius 1 is 0.488 bits per heavy atom. The summed E-state index contributed by atoms with van der Waals surface area (Å²) in [6.45, 7) is 27.4. The van der Waals surface area contributed by atoms with Crippen LogP contribution < -0.4 is 21.3 Å². The van der Waals surface area contributed by atoms with Gasteiger partial charge in [0.25, 0.3) is 0 Å². The van der Waals surface area contributed by atoms with E-state index in [1.807, 2.05) is 48.5 Å². The first kappa shape index (κ1) is 75.9.